The summed E-state index contributed by atoms with van der Waals surface area (Å²) < 4.78 is 7.07. The van der Waals surface area contributed by atoms with Gasteiger partial charge in [0.25, 0.3) is 0 Å². The Kier molecular flexibility index (Phi) is 6.01. The van der Waals surface area contributed by atoms with Crippen molar-refractivity contribution in [2.45, 2.75) is 5.92 Å². The molecular formula is C28H23N5O2. The first kappa shape index (κ1) is 22.0. The lowest BCUT2D eigenvalue weighted by molar-refractivity contribution is 0.144. The largest absolute Gasteiger partial charge is 0.449 e. The Labute approximate surface area is 203 Å². The first-order valence-electron chi connectivity index (χ1n) is 11.2. The van der Waals surface area contributed by atoms with Crippen molar-refractivity contribution in [3.05, 3.63) is 107 Å². The van der Waals surface area contributed by atoms with Crippen LogP contribution in [-0.4, -0.2) is 29.0 Å². The van der Waals surface area contributed by atoms with Crippen LogP contribution < -0.4 is 11.1 Å². The van der Waals surface area contributed by atoms with Gasteiger partial charge in [-0.25, -0.2) is 9.48 Å². The molecule has 172 valence electrons. The SMILES string of the molecule is N#Cc1cnn(-c2ccc(C=CCNC(=O)OCC3c4ccccc4-c4ccccc43)cc2)c1N. The van der Waals surface area contributed by atoms with Crippen molar-refractivity contribution in [3.8, 4) is 22.9 Å². The first-order chi connectivity index (χ1) is 17.2. The highest BCUT2D eigenvalue weighted by molar-refractivity contribution is 5.79. The zero-order chi connectivity index (χ0) is 24.2. The highest BCUT2D eigenvalue weighted by Crippen LogP contribution is 2.44. The van der Waals surface area contributed by atoms with Crippen LogP contribution in [-0.2, 0) is 4.74 Å². The van der Waals surface area contributed by atoms with Gasteiger partial charge in [0.2, 0.25) is 0 Å². The summed E-state index contributed by atoms with van der Waals surface area (Å²) in [5, 5.41) is 15.9. The molecule has 1 heterocycles. The number of nitrogens with zero attached hydrogens (tertiary/aromatic N) is 3. The minimum atomic E-state index is -0.450. The number of ether oxygens (including phenoxy) is 1. The number of hydrogen-bond donors (Lipinski definition) is 2. The summed E-state index contributed by atoms with van der Waals surface area (Å²) in [7, 11) is 0. The third kappa shape index (κ3) is 4.37. The van der Waals surface area contributed by atoms with Crippen molar-refractivity contribution in [1.82, 2.24) is 15.1 Å². The molecule has 0 radical (unpaired) electrons. The molecule has 35 heavy (non-hydrogen) atoms. The van der Waals surface area contributed by atoms with E-state index in [0.717, 1.165) is 11.3 Å². The zero-order valence-corrected chi connectivity index (χ0v) is 18.9. The third-order valence-electron chi connectivity index (χ3n) is 6.08. The molecule has 0 aliphatic heterocycles. The lowest BCUT2D eigenvalue weighted by atomic mass is 9.98. The van der Waals surface area contributed by atoms with Crippen LogP contribution in [0.25, 0.3) is 22.9 Å². The molecule has 0 bridgehead atoms. The van der Waals surface area contributed by atoms with Crippen LogP contribution >= 0.6 is 0 Å². The van der Waals surface area contributed by atoms with Gasteiger partial charge < -0.3 is 15.8 Å². The topological polar surface area (TPSA) is 106 Å². The van der Waals surface area contributed by atoms with E-state index in [1.165, 1.54) is 33.1 Å². The van der Waals surface area contributed by atoms with Crippen molar-refractivity contribution in [2.24, 2.45) is 0 Å². The Hall–Kier alpha value is -4.83. The van der Waals surface area contributed by atoms with Crippen LogP contribution in [0.15, 0.2) is 85.1 Å². The summed E-state index contributed by atoms with van der Waals surface area (Å²) in [5.74, 6) is 0.346. The average molecular weight is 462 g/mol. The Bertz CT molecular complexity index is 1400. The Balaban J connectivity index is 1.14. The van der Waals surface area contributed by atoms with Gasteiger partial charge in [0.05, 0.1) is 11.9 Å². The van der Waals surface area contributed by atoms with E-state index < -0.39 is 6.09 Å². The molecule has 1 aliphatic rings. The summed E-state index contributed by atoms with van der Waals surface area (Å²) in [6, 6.07) is 26.1. The molecule has 0 spiro atoms. The number of anilines is 1. The molecule has 3 N–H and O–H groups in total. The number of rotatable bonds is 6. The number of fused-ring (bicyclic) bond motifs is 3. The number of carbonyl (C=O) groups excluding carboxylic acids is 1. The van der Waals surface area contributed by atoms with Crippen molar-refractivity contribution in [3.63, 3.8) is 0 Å². The number of nitrogens with two attached hydrogens (primary N) is 1. The number of nitrogen functional groups attached to an aromatic ring is 1. The van der Waals surface area contributed by atoms with Gasteiger partial charge in [-0.1, -0.05) is 72.8 Å². The highest BCUT2D eigenvalue weighted by atomic mass is 16.5. The Morgan fingerprint density at radius 3 is 2.34 bits per heavy atom. The lowest BCUT2D eigenvalue weighted by Gasteiger charge is -2.14. The van der Waals surface area contributed by atoms with E-state index in [1.54, 1.807) is 0 Å². The minimum absolute atomic E-state index is 0.0373. The smallest absolute Gasteiger partial charge is 0.407 e. The summed E-state index contributed by atoms with van der Waals surface area (Å²) >= 11 is 0. The van der Waals surface area contributed by atoms with E-state index in [2.05, 4.69) is 34.7 Å². The molecule has 3 aromatic carbocycles. The minimum Gasteiger partial charge on any atom is -0.449 e. The quantitative estimate of drug-likeness (QED) is 0.426. The number of carbonyl (C=O) groups is 1. The fourth-order valence-electron chi connectivity index (χ4n) is 4.36. The number of benzene rings is 3. The van der Waals surface area contributed by atoms with Crippen LogP contribution in [0.5, 0.6) is 0 Å². The van der Waals surface area contributed by atoms with Crippen molar-refractivity contribution >= 4 is 18.0 Å². The van der Waals surface area contributed by atoms with E-state index in [-0.39, 0.29) is 12.5 Å². The molecule has 7 nitrogen and oxygen atoms in total. The van der Waals surface area contributed by atoms with Gasteiger partial charge in [0.1, 0.15) is 24.1 Å². The zero-order valence-electron chi connectivity index (χ0n) is 18.9. The monoisotopic (exact) mass is 461 g/mol. The Morgan fingerprint density at radius 2 is 1.71 bits per heavy atom. The van der Waals surface area contributed by atoms with E-state index in [0.29, 0.717) is 17.9 Å². The molecule has 4 aromatic rings. The maximum Gasteiger partial charge on any atom is 0.407 e. The molecule has 7 heteroatoms. The number of nitriles is 1. The predicted octanol–water partition coefficient (Wildman–Crippen LogP) is 4.88. The van der Waals surface area contributed by atoms with Gasteiger partial charge in [0, 0.05) is 12.5 Å². The fraction of sp³-hybridized carbons (Fsp3) is 0.107. The molecule has 5 rings (SSSR count). The van der Waals surface area contributed by atoms with Crippen molar-refractivity contribution in [1.29, 1.82) is 5.26 Å². The summed E-state index contributed by atoms with van der Waals surface area (Å²) in [4.78, 5) is 12.3. The van der Waals surface area contributed by atoms with Gasteiger partial charge in [-0.15, -0.1) is 0 Å². The van der Waals surface area contributed by atoms with E-state index in [9.17, 15) is 4.79 Å². The van der Waals surface area contributed by atoms with Crippen LogP contribution in [0.3, 0.4) is 0 Å². The van der Waals surface area contributed by atoms with Crippen molar-refractivity contribution < 1.29 is 9.53 Å². The molecule has 1 aromatic heterocycles. The fourth-order valence-corrected chi connectivity index (χ4v) is 4.36. The maximum absolute atomic E-state index is 12.3. The van der Waals surface area contributed by atoms with Crippen molar-refractivity contribution in [2.75, 3.05) is 18.9 Å². The molecule has 0 fully saturated rings. The van der Waals surface area contributed by atoms with Crippen LogP contribution in [0.4, 0.5) is 10.6 Å². The number of aromatic nitrogens is 2. The van der Waals surface area contributed by atoms with E-state index in [4.69, 9.17) is 15.7 Å². The summed E-state index contributed by atoms with van der Waals surface area (Å²) in [6.45, 7) is 0.630. The van der Waals surface area contributed by atoms with Gasteiger partial charge >= 0.3 is 6.09 Å². The second-order valence-corrected chi connectivity index (χ2v) is 8.17. The summed E-state index contributed by atoms with van der Waals surface area (Å²) in [6.07, 6.45) is 4.75. The Morgan fingerprint density at radius 1 is 1.06 bits per heavy atom. The second kappa shape index (κ2) is 9.57. The van der Waals surface area contributed by atoms with Gasteiger partial charge in [-0.3, -0.25) is 0 Å². The average Bonchev–Trinajstić information content (AvgIpc) is 3.43. The highest BCUT2D eigenvalue weighted by Gasteiger charge is 2.28. The van der Waals surface area contributed by atoms with Gasteiger partial charge in [-0.2, -0.15) is 10.4 Å². The lowest BCUT2D eigenvalue weighted by Crippen LogP contribution is -2.26. The normalized spacial score (nSPS) is 12.2. The molecule has 1 amide bonds. The summed E-state index contributed by atoms with van der Waals surface area (Å²) in [5.41, 5.74) is 12.8. The maximum atomic E-state index is 12.3. The predicted molar refractivity (Wildman–Crippen MR) is 135 cm³/mol. The number of hydrogen-bond acceptors (Lipinski definition) is 5. The standard InChI is InChI=1S/C28H23N5O2/c29-16-20-17-32-33(27(20)30)21-13-11-19(12-14-21)6-5-15-31-28(34)35-18-26-24-9-3-1-7-22(24)23-8-2-4-10-25(23)26/h1-14,17,26H,15,18,30H2,(H,31,34). The van der Waals surface area contributed by atoms with E-state index >= 15 is 0 Å². The number of nitrogens with one attached hydrogen (secondary N) is 1. The van der Waals surface area contributed by atoms with Gasteiger partial charge in [-0.05, 0) is 39.9 Å². The van der Waals surface area contributed by atoms with Crippen LogP contribution in [0.2, 0.25) is 0 Å². The number of amides is 1. The molecule has 0 atom stereocenters. The van der Waals surface area contributed by atoms with Gasteiger partial charge in [0.15, 0.2) is 0 Å². The third-order valence-corrected chi connectivity index (χ3v) is 6.08. The molecular weight excluding hydrogens is 438 g/mol. The number of alkyl carbamates (subject to hydrolysis) is 1. The first-order valence-corrected chi connectivity index (χ1v) is 11.2. The molecule has 0 unspecified atom stereocenters. The second-order valence-electron chi connectivity index (χ2n) is 8.17. The van der Waals surface area contributed by atoms with E-state index in [1.807, 2.05) is 66.8 Å². The molecule has 1 aliphatic carbocycles. The van der Waals surface area contributed by atoms with Crippen LogP contribution in [0.1, 0.15) is 28.2 Å². The molecule has 0 saturated heterocycles. The molecule has 0 saturated carbocycles. The van der Waals surface area contributed by atoms with Crippen LogP contribution in [0, 0.1) is 11.3 Å².